The van der Waals surface area contributed by atoms with Crippen molar-refractivity contribution in [3.8, 4) is 0 Å². The van der Waals surface area contributed by atoms with E-state index in [2.05, 4.69) is 27.8 Å². The minimum atomic E-state index is -0.605. The van der Waals surface area contributed by atoms with Gasteiger partial charge in [0.05, 0.1) is 11.8 Å². The Labute approximate surface area is 122 Å². The standard InChI is InChI=1S/C16H16FN3O/c17-14-9-18-7-6-13(14)16(21)20-10-15-12-4-2-1-3-11(12)5-8-19-15/h1-4,6-7,9,15,19H,5,8,10H2,(H,20,21). The average Bonchev–Trinajstić information content (AvgIpc) is 2.53. The largest absolute Gasteiger partial charge is 0.350 e. The third-order valence-corrected chi connectivity index (χ3v) is 3.70. The Morgan fingerprint density at radius 2 is 2.24 bits per heavy atom. The maximum atomic E-state index is 13.5. The fourth-order valence-corrected chi connectivity index (χ4v) is 2.62. The van der Waals surface area contributed by atoms with E-state index in [0.29, 0.717) is 6.54 Å². The van der Waals surface area contributed by atoms with Crippen molar-refractivity contribution in [1.29, 1.82) is 0 Å². The fraction of sp³-hybridized carbons (Fsp3) is 0.250. The van der Waals surface area contributed by atoms with Crippen LogP contribution in [0, 0.1) is 5.82 Å². The number of carbonyl (C=O) groups is 1. The molecule has 1 aromatic carbocycles. The normalized spacial score (nSPS) is 17.1. The highest BCUT2D eigenvalue weighted by molar-refractivity contribution is 5.94. The predicted molar refractivity (Wildman–Crippen MR) is 77.4 cm³/mol. The van der Waals surface area contributed by atoms with Crippen LogP contribution in [0.1, 0.15) is 27.5 Å². The summed E-state index contributed by atoms with van der Waals surface area (Å²) >= 11 is 0. The highest BCUT2D eigenvalue weighted by Crippen LogP contribution is 2.21. The number of benzene rings is 1. The number of fused-ring (bicyclic) bond motifs is 1. The van der Waals surface area contributed by atoms with E-state index in [1.54, 1.807) is 0 Å². The van der Waals surface area contributed by atoms with Crippen molar-refractivity contribution in [2.45, 2.75) is 12.5 Å². The SMILES string of the molecule is O=C(NCC1NCCc2ccccc21)c1ccncc1F. The Morgan fingerprint density at radius 3 is 3.10 bits per heavy atom. The van der Waals surface area contributed by atoms with Gasteiger partial charge in [-0.15, -0.1) is 0 Å². The zero-order valence-electron chi connectivity index (χ0n) is 11.5. The van der Waals surface area contributed by atoms with Crippen molar-refractivity contribution in [2.24, 2.45) is 0 Å². The zero-order valence-corrected chi connectivity index (χ0v) is 11.5. The molecule has 0 saturated heterocycles. The van der Waals surface area contributed by atoms with Crippen LogP contribution < -0.4 is 10.6 Å². The van der Waals surface area contributed by atoms with Gasteiger partial charge in [-0.05, 0) is 30.2 Å². The molecule has 1 aliphatic heterocycles. The molecule has 0 fully saturated rings. The number of carbonyl (C=O) groups excluding carboxylic acids is 1. The van der Waals surface area contributed by atoms with E-state index in [-0.39, 0.29) is 11.6 Å². The molecule has 2 N–H and O–H groups in total. The molecule has 0 bridgehead atoms. The molecule has 2 heterocycles. The van der Waals surface area contributed by atoms with Crippen LogP contribution in [0.4, 0.5) is 4.39 Å². The number of pyridine rings is 1. The van der Waals surface area contributed by atoms with Crippen molar-refractivity contribution in [3.05, 3.63) is 65.2 Å². The van der Waals surface area contributed by atoms with Gasteiger partial charge in [-0.2, -0.15) is 0 Å². The van der Waals surface area contributed by atoms with Gasteiger partial charge < -0.3 is 10.6 Å². The summed E-state index contributed by atoms with van der Waals surface area (Å²) in [5.74, 6) is -1.02. The smallest absolute Gasteiger partial charge is 0.254 e. The van der Waals surface area contributed by atoms with Gasteiger partial charge in [0, 0.05) is 18.8 Å². The van der Waals surface area contributed by atoms with Gasteiger partial charge in [-0.1, -0.05) is 24.3 Å². The number of aromatic nitrogens is 1. The van der Waals surface area contributed by atoms with Gasteiger partial charge in [0.25, 0.3) is 5.91 Å². The van der Waals surface area contributed by atoms with Gasteiger partial charge in [0.1, 0.15) is 0 Å². The molecule has 21 heavy (non-hydrogen) atoms. The van der Waals surface area contributed by atoms with Crippen LogP contribution in [-0.2, 0) is 6.42 Å². The summed E-state index contributed by atoms with van der Waals surface area (Å²) in [6, 6.07) is 9.62. The Kier molecular flexibility index (Phi) is 3.92. The van der Waals surface area contributed by atoms with E-state index < -0.39 is 11.7 Å². The van der Waals surface area contributed by atoms with E-state index in [0.717, 1.165) is 19.2 Å². The lowest BCUT2D eigenvalue weighted by atomic mass is 9.94. The molecule has 1 aromatic heterocycles. The molecule has 1 unspecified atom stereocenters. The van der Waals surface area contributed by atoms with E-state index in [1.165, 1.54) is 23.4 Å². The van der Waals surface area contributed by atoms with Crippen molar-refractivity contribution < 1.29 is 9.18 Å². The highest BCUT2D eigenvalue weighted by atomic mass is 19.1. The monoisotopic (exact) mass is 285 g/mol. The van der Waals surface area contributed by atoms with Crippen molar-refractivity contribution >= 4 is 5.91 Å². The van der Waals surface area contributed by atoms with Crippen LogP contribution in [-0.4, -0.2) is 24.0 Å². The summed E-state index contributed by atoms with van der Waals surface area (Å²) in [5.41, 5.74) is 2.51. The summed E-state index contributed by atoms with van der Waals surface area (Å²) in [7, 11) is 0. The summed E-state index contributed by atoms with van der Waals surface area (Å²) < 4.78 is 13.5. The molecule has 0 aliphatic carbocycles. The summed E-state index contributed by atoms with van der Waals surface area (Å²) in [6.07, 6.45) is 3.44. The number of rotatable bonds is 3. The molecule has 0 radical (unpaired) electrons. The quantitative estimate of drug-likeness (QED) is 0.904. The number of nitrogens with one attached hydrogen (secondary N) is 2. The molecule has 1 atom stereocenters. The molecule has 2 aromatic rings. The number of hydrogen-bond donors (Lipinski definition) is 2. The maximum absolute atomic E-state index is 13.5. The van der Waals surface area contributed by atoms with Gasteiger partial charge in [-0.25, -0.2) is 4.39 Å². The highest BCUT2D eigenvalue weighted by Gasteiger charge is 2.20. The Bertz CT molecular complexity index is 659. The molecule has 0 saturated carbocycles. The molecular formula is C16H16FN3O. The van der Waals surface area contributed by atoms with Crippen LogP contribution in [0.25, 0.3) is 0 Å². The third-order valence-electron chi connectivity index (χ3n) is 3.70. The molecule has 5 heteroatoms. The van der Waals surface area contributed by atoms with Crippen LogP contribution in [0.2, 0.25) is 0 Å². The average molecular weight is 285 g/mol. The van der Waals surface area contributed by atoms with Crippen molar-refractivity contribution in [3.63, 3.8) is 0 Å². The lowest BCUT2D eigenvalue weighted by Crippen LogP contribution is -2.39. The number of hydrogen-bond acceptors (Lipinski definition) is 3. The third kappa shape index (κ3) is 2.92. The van der Waals surface area contributed by atoms with Crippen LogP contribution in [0.15, 0.2) is 42.7 Å². The molecule has 1 aliphatic rings. The van der Waals surface area contributed by atoms with Crippen LogP contribution >= 0.6 is 0 Å². The molecule has 1 amide bonds. The second-order valence-corrected chi connectivity index (χ2v) is 5.02. The first kappa shape index (κ1) is 13.7. The number of halogens is 1. The molecule has 0 spiro atoms. The predicted octanol–water partition coefficient (Wildman–Crippen LogP) is 1.84. The summed E-state index contributed by atoms with van der Waals surface area (Å²) in [5, 5.41) is 6.16. The lowest BCUT2D eigenvalue weighted by molar-refractivity contribution is 0.0945. The van der Waals surface area contributed by atoms with Crippen LogP contribution in [0.5, 0.6) is 0 Å². The van der Waals surface area contributed by atoms with Gasteiger partial charge in [0.15, 0.2) is 5.82 Å². The first-order chi connectivity index (χ1) is 10.3. The minimum Gasteiger partial charge on any atom is -0.350 e. The van der Waals surface area contributed by atoms with Crippen LogP contribution in [0.3, 0.4) is 0 Å². The van der Waals surface area contributed by atoms with E-state index in [1.807, 2.05) is 12.1 Å². The van der Waals surface area contributed by atoms with E-state index >= 15 is 0 Å². The Morgan fingerprint density at radius 1 is 1.38 bits per heavy atom. The minimum absolute atomic E-state index is 0.0223. The summed E-state index contributed by atoms with van der Waals surface area (Å²) in [4.78, 5) is 15.7. The second kappa shape index (κ2) is 6.01. The fourth-order valence-electron chi connectivity index (χ4n) is 2.62. The first-order valence-electron chi connectivity index (χ1n) is 6.94. The molecule has 4 nitrogen and oxygen atoms in total. The topological polar surface area (TPSA) is 54.0 Å². The van der Waals surface area contributed by atoms with E-state index in [9.17, 15) is 9.18 Å². The van der Waals surface area contributed by atoms with Crippen molar-refractivity contribution in [2.75, 3.05) is 13.1 Å². The maximum Gasteiger partial charge on any atom is 0.254 e. The zero-order chi connectivity index (χ0) is 14.7. The molecule has 3 rings (SSSR count). The summed E-state index contributed by atoms with van der Waals surface area (Å²) in [6.45, 7) is 1.30. The Balaban J connectivity index is 1.69. The number of amides is 1. The molecule has 108 valence electrons. The number of nitrogens with zero attached hydrogens (tertiary/aromatic N) is 1. The van der Waals surface area contributed by atoms with Gasteiger partial charge >= 0.3 is 0 Å². The molecular weight excluding hydrogens is 269 g/mol. The van der Waals surface area contributed by atoms with Crippen molar-refractivity contribution in [1.82, 2.24) is 15.6 Å². The van der Waals surface area contributed by atoms with Gasteiger partial charge in [0.2, 0.25) is 0 Å². The lowest BCUT2D eigenvalue weighted by Gasteiger charge is -2.27. The second-order valence-electron chi connectivity index (χ2n) is 5.02. The van der Waals surface area contributed by atoms with E-state index in [4.69, 9.17) is 0 Å². The Hall–Kier alpha value is -2.27. The first-order valence-corrected chi connectivity index (χ1v) is 6.94. The van der Waals surface area contributed by atoms with Gasteiger partial charge in [-0.3, -0.25) is 9.78 Å².